The Bertz CT molecular complexity index is 865. The van der Waals surface area contributed by atoms with Gasteiger partial charge in [0, 0.05) is 4.88 Å². The van der Waals surface area contributed by atoms with Crippen LogP contribution < -0.4 is 15.8 Å². The zero-order chi connectivity index (χ0) is 19.2. The molecule has 0 fully saturated rings. The van der Waals surface area contributed by atoms with Crippen LogP contribution in [0.4, 0.5) is 4.79 Å². The number of hydrogen-bond acceptors (Lipinski definition) is 6. The maximum Gasteiger partial charge on any atom is 0.408 e. The summed E-state index contributed by atoms with van der Waals surface area (Å²) in [5, 5.41) is 10.1. The lowest BCUT2D eigenvalue weighted by Gasteiger charge is -2.14. The van der Waals surface area contributed by atoms with Crippen molar-refractivity contribution in [1.82, 2.24) is 10.6 Å². The molecule has 4 N–H and O–H groups in total. The zero-order valence-electron chi connectivity index (χ0n) is 14.0. The lowest BCUT2D eigenvalue weighted by Crippen LogP contribution is -2.44. The van der Waals surface area contributed by atoms with Crippen LogP contribution in [0.2, 0.25) is 0 Å². The second kappa shape index (κ2) is 8.79. The summed E-state index contributed by atoms with van der Waals surface area (Å²) in [4.78, 5) is 24.4. The molecule has 0 radical (unpaired) electrons. The topological polar surface area (TPSA) is 128 Å². The van der Waals surface area contributed by atoms with Crippen molar-refractivity contribution in [2.24, 2.45) is 5.14 Å². The monoisotopic (exact) mass is 397 g/mol. The van der Waals surface area contributed by atoms with Gasteiger partial charge in [-0.3, -0.25) is 4.79 Å². The van der Waals surface area contributed by atoms with E-state index in [1.807, 2.05) is 30.3 Å². The Hall–Kier alpha value is -2.43. The number of primary sulfonamides is 1. The molecular formula is C16H19N3O5S2. The van der Waals surface area contributed by atoms with E-state index >= 15 is 0 Å². The summed E-state index contributed by atoms with van der Waals surface area (Å²) in [5.74, 6) is -0.424. The number of thiophene rings is 1. The number of benzene rings is 1. The summed E-state index contributed by atoms with van der Waals surface area (Å²) in [5.41, 5.74) is 0.836. The normalized spacial score (nSPS) is 12.2. The van der Waals surface area contributed by atoms with Crippen LogP contribution in [0.1, 0.15) is 17.4 Å². The van der Waals surface area contributed by atoms with Crippen LogP contribution in [0.25, 0.3) is 0 Å². The Balaban J connectivity index is 1.76. The number of amides is 2. The van der Waals surface area contributed by atoms with E-state index in [9.17, 15) is 18.0 Å². The molecular weight excluding hydrogens is 378 g/mol. The first kappa shape index (κ1) is 19.9. The van der Waals surface area contributed by atoms with Crippen molar-refractivity contribution in [3.63, 3.8) is 0 Å². The van der Waals surface area contributed by atoms with Crippen LogP contribution >= 0.6 is 11.3 Å². The third-order valence-corrected chi connectivity index (χ3v) is 5.82. The van der Waals surface area contributed by atoms with Crippen molar-refractivity contribution in [3.8, 4) is 0 Å². The predicted molar refractivity (Wildman–Crippen MR) is 96.8 cm³/mol. The number of sulfonamides is 1. The van der Waals surface area contributed by atoms with E-state index in [4.69, 9.17) is 9.88 Å². The smallest absolute Gasteiger partial charge is 0.408 e. The molecule has 2 rings (SSSR count). The summed E-state index contributed by atoms with van der Waals surface area (Å²) in [6, 6.07) is 11.3. The van der Waals surface area contributed by atoms with E-state index in [2.05, 4.69) is 10.6 Å². The van der Waals surface area contributed by atoms with Crippen molar-refractivity contribution in [2.75, 3.05) is 0 Å². The first-order chi connectivity index (χ1) is 12.3. The van der Waals surface area contributed by atoms with Gasteiger partial charge in [-0.25, -0.2) is 18.4 Å². The molecule has 1 aromatic carbocycles. The number of rotatable bonds is 7. The van der Waals surface area contributed by atoms with Crippen LogP contribution in [-0.2, 0) is 32.7 Å². The zero-order valence-corrected chi connectivity index (χ0v) is 15.6. The summed E-state index contributed by atoms with van der Waals surface area (Å²) < 4.78 is 27.5. The minimum atomic E-state index is -3.75. The molecule has 2 amide bonds. The summed E-state index contributed by atoms with van der Waals surface area (Å²) >= 11 is 0.973. The fraction of sp³-hybridized carbons (Fsp3) is 0.250. The van der Waals surface area contributed by atoms with E-state index in [-0.39, 0.29) is 17.4 Å². The summed E-state index contributed by atoms with van der Waals surface area (Å²) in [6.07, 6.45) is -0.705. The Morgan fingerprint density at radius 2 is 1.88 bits per heavy atom. The Labute approximate surface area is 155 Å². The van der Waals surface area contributed by atoms with E-state index in [1.165, 1.54) is 13.0 Å². The first-order valence-electron chi connectivity index (χ1n) is 7.62. The van der Waals surface area contributed by atoms with Crippen LogP contribution in [0, 0.1) is 0 Å². The van der Waals surface area contributed by atoms with Crippen LogP contribution in [-0.4, -0.2) is 26.5 Å². The lowest BCUT2D eigenvalue weighted by molar-refractivity contribution is -0.122. The summed E-state index contributed by atoms with van der Waals surface area (Å²) in [6.45, 7) is 1.75. The highest BCUT2D eigenvalue weighted by molar-refractivity contribution is 7.91. The molecule has 0 bridgehead atoms. The maximum absolute atomic E-state index is 12.0. The van der Waals surface area contributed by atoms with Crippen molar-refractivity contribution < 1.29 is 22.7 Å². The Morgan fingerprint density at radius 3 is 2.50 bits per heavy atom. The maximum atomic E-state index is 12.0. The number of alkyl carbamates (subject to hydrolysis) is 1. The van der Waals surface area contributed by atoms with Gasteiger partial charge in [-0.2, -0.15) is 0 Å². The van der Waals surface area contributed by atoms with Crippen molar-refractivity contribution in [3.05, 3.63) is 52.9 Å². The molecule has 8 nitrogen and oxygen atoms in total. The van der Waals surface area contributed by atoms with Gasteiger partial charge in [-0.05, 0) is 24.6 Å². The van der Waals surface area contributed by atoms with Crippen molar-refractivity contribution in [1.29, 1.82) is 0 Å². The number of ether oxygens (including phenoxy) is 1. The average molecular weight is 397 g/mol. The molecule has 0 aliphatic carbocycles. The largest absolute Gasteiger partial charge is 0.445 e. The fourth-order valence-electron chi connectivity index (χ4n) is 1.94. The Kier molecular flexibility index (Phi) is 6.72. The summed E-state index contributed by atoms with van der Waals surface area (Å²) in [7, 11) is -3.75. The predicted octanol–water partition coefficient (Wildman–Crippen LogP) is 1.33. The van der Waals surface area contributed by atoms with Gasteiger partial charge < -0.3 is 15.4 Å². The third-order valence-electron chi connectivity index (χ3n) is 3.29. The van der Waals surface area contributed by atoms with Gasteiger partial charge in [0.1, 0.15) is 16.9 Å². The highest BCUT2D eigenvalue weighted by Gasteiger charge is 2.17. The van der Waals surface area contributed by atoms with E-state index in [0.717, 1.165) is 16.9 Å². The van der Waals surface area contributed by atoms with Crippen molar-refractivity contribution >= 4 is 33.4 Å². The van der Waals surface area contributed by atoms with Gasteiger partial charge in [-0.1, -0.05) is 30.3 Å². The molecule has 0 aliphatic rings. The lowest BCUT2D eigenvalue weighted by atomic mass is 10.2. The molecule has 1 heterocycles. The highest BCUT2D eigenvalue weighted by atomic mass is 32.2. The average Bonchev–Trinajstić information content (AvgIpc) is 3.08. The van der Waals surface area contributed by atoms with Crippen molar-refractivity contribution in [2.45, 2.75) is 30.3 Å². The van der Waals surface area contributed by atoms with Gasteiger partial charge in [0.15, 0.2) is 0 Å². The standard InChI is InChI=1S/C16H19N3O5S2/c1-11(19-16(21)24-10-12-5-3-2-4-6-12)15(20)18-9-13-7-8-14(25-13)26(17,22)23/h2-8,11H,9-10H2,1H3,(H,18,20)(H,19,21)(H2,17,22,23)/t11-/m0/s1. The van der Waals surface area contributed by atoms with E-state index in [1.54, 1.807) is 6.07 Å². The van der Waals surface area contributed by atoms with Gasteiger partial charge in [0.2, 0.25) is 15.9 Å². The van der Waals surface area contributed by atoms with Crippen LogP contribution in [0.3, 0.4) is 0 Å². The minimum Gasteiger partial charge on any atom is -0.445 e. The molecule has 140 valence electrons. The molecule has 0 saturated heterocycles. The number of carbonyl (C=O) groups is 2. The molecule has 0 aliphatic heterocycles. The van der Waals surface area contributed by atoms with Gasteiger partial charge in [-0.15, -0.1) is 11.3 Å². The molecule has 2 aromatic rings. The fourth-order valence-corrected chi connectivity index (χ4v) is 3.66. The molecule has 10 heteroatoms. The Morgan fingerprint density at radius 1 is 1.19 bits per heavy atom. The third kappa shape index (κ3) is 6.14. The molecule has 0 saturated carbocycles. The molecule has 1 aromatic heterocycles. The number of hydrogen-bond donors (Lipinski definition) is 3. The molecule has 0 spiro atoms. The van der Waals surface area contributed by atoms with Crippen LogP contribution in [0.5, 0.6) is 0 Å². The molecule has 26 heavy (non-hydrogen) atoms. The number of carbonyl (C=O) groups excluding carboxylic acids is 2. The molecule has 1 atom stereocenters. The van der Waals surface area contributed by atoms with Gasteiger partial charge in [0.25, 0.3) is 0 Å². The SMILES string of the molecule is C[C@H](NC(=O)OCc1ccccc1)C(=O)NCc1ccc(S(N)(=O)=O)s1. The second-order valence-corrected chi connectivity index (χ2v) is 8.37. The number of nitrogens with two attached hydrogens (primary N) is 1. The quantitative estimate of drug-likeness (QED) is 0.649. The van der Waals surface area contributed by atoms with Gasteiger partial charge in [0.05, 0.1) is 6.54 Å². The minimum absolute atomic E-state index is 0.0254. The second-order valence-electron chi connectivity index (χ2n) is 5.41. The van der Waals surface area contributed by atoms with E-state index in [0.29, 0.717) is 4.88 Å². The first-order valence-corrected chi connectivity index (χ1v) is 9.98. The highest BCUT2D eigenvalue weighted by Crippen LogP contribution is 2.19. The number of nitrogens with one attached hydrogen (secondary N) is 2. The van der Waals surface area contributed by atoms with Gasteiger partial charge >= 0.3 is 6.09 Å². The van der Waals surface area contributed by atoms with E-state index < -0.39 is 28.1 Å². The van der Waals surface area contributed by atoms with Crippen LogP contribution in [0.15, 0.2) is 46.7 Å². The molecule has 0 unspecified atom stereocenters.